The van der Waals surface area contributed by atoms with Gasteiger partial charge in [-0.25, -0.2) is 0 Å². The number of benzene rings is 1. The number of hydrogen-bond acceptors (Lipinski definition) is 3. The second kappa shape index (κ2) is 6.54. The quantitative estimate of drug-likeness (QED) is 0.944. The Bertz CT molecular complexity index is 715. The summed E-state index contributed by atoms with van der Waals surface area (Å²) >= 11 is 0. The highest BCUT2D eigenvalue weighted by atomic mass is 16.5. The van der Waals surface area contributed by atoms with E-state index in [1.807, 2.05) is 30.7 Å². The van der Waals surface area contributed by atoms with Gasteiger partial charge in [0.15, 0.2) is 0 Å². The number of nitrogens with zero attached hydrogens (tertiary/aromatic N) is 2. The van der Waals surface area contributed by atoms with Crippen molar-refractivity contribution < 1.29 is 9.53 Å². The van der Waals surface area contributed by atoms with Gasteiger partial charge in [0.2, 0.25) is 0 Å². The number of aryl methyl sites for hydroxylation is 2. The molecule has 1 aliphatic heterocycles. The minimum Gasteiger partial charge on any atom is -0.368 e. The van der Waals surface area contributed by atoms with E-state index in [4.69, 9.17) is 4.74 Å². The lowest BCUT2D eigenvalue weighted by molar-refractivity contribution is -0.124. The predicted molar refractivity (Wildman–Crippen MR) is 89.6 cm³/mol. The summed E-state index contributed by atoms with van der Waals surface area (Å²) in [6.07, 6.45) is 1.41. The average Bonchev–Trinajstić information content (AvgIpc) is 3.14. The van der Waals surface area contributed by atoms with Gasteiger partial charge in [0.1, 0.15) is 6.10 Å². The van der Waals surface area contributed by atoms with Crippen LogP contribution in [0.5, 0.6) is 0 Å². The number of ether oxygens (including phenoxy) is 1. The molecule has 5 heteroatoms. The summed E-state index contributed by atoms with van der Waals surface area (Å²) in [5.74, 6) is -0.0656. The maximum Gasteiger partial charge on any atom is 0.253 e. The van der Waals surface area contributed by atoms with Gasteiger partial charge in [0.25, 0.3) is 5.91 Å². The van der Waals surface area contributed by atoms with E-state index in [2.05, 4.69) is 29.5 Å². The zero-order valence-corrected chi connectivity index (χ0v) is 13.9. The number of nitrogens with one attached hydrogen (secondary N) is 1. The molecule has 5 nitrogen and oxygen atoms in total. The highest BCUT2D eigenvalue weighted by Crippen LogP contribution is 2.23. The average molecular weight is 313 g/mol. The van der Waals surface area contributed by atoms with Crippen LogP contribution in [0.2, 0.25) is 0 Å². The summed E-state index contributed by atoms with van der Waals surface area (Å²) in [5, 5.41) is 7.58. The third kappa shape index (κ3) is 3.29. The van der Waals surface area contributed by atoms with Crippen LogP contribution in [0.1, 0.15) is 35.4 Å². The number of anilines is 1. The zero-order chi connectivity index (χ0) is 16.4. The first-order valence-corrected chi connectivity index (χ1v) is 8.07. The molecule has 1 aromatic carbocycles. The highest BCUT2D eigenvalue weighted by molar-refractivity contribution is 5.95. The first-order valence-electron chi connectivity index (χ1n) is 8.07. The van der Waals surface area contributed by atoms with E-state index in [-0.39, 0.29) is 12.0 Å². The van der Waals surface area contributed by atoms with Gasteiger partial charge in [-0.15, -0.1) is 0 Å². The summed E-state index contributed by atoms with van der Waals surface area (Å²) in [4.78, 5) is 12.3. The molecule has 1 aliphatic rings. The minimum atomic E-state index is -0.325. The van der Waals surface area contributed by atoms with Gasteiger partial charge in [0, 0.05) is 6.61 Å². The summed E-state index contributed by atoms with van der Waals surface area (Å²) in [6.45, 7) is 7.38. The number of rotatable bonds is 4. The van der Waals surface area contributed by atoms with Crippen molar-refractivity contribution in [3.63, 3.8) is 0 Å². The number of amides is 1. The molecular formula is C18H23N3O2. The normalized spacial score (nSPS) is 17.4. The fourth-order valence-corrected chi connectivity index (χ4v) is 2.97. The van der Waals surface area contributed by atoms with Crippen molar-refractivity contribution in [2.24, 2.45) is 0 Å². The van der Waals surface area contributed by atoms with Crippen molar-refractivity contribution in [1.82, 2.24) is 9.78 Å². The lowest BCUT2D eigenvalue weighted by Gasteiger charge is -2.11. The van der Waals surface area contributed by atoms with Gasteiger partial charge in [-0.2, -0.15) is 5.10 Å². The molecule has 1 fully saturated rings. The number of carbonyl (C=O) groups is 1. The van der Waals surface area contributed by atoms with E-state index in [1.54, 1.807) is 0 Å². The molecule has 0 bridgehead atoms. The standard InChI is InChI=1S/C18H23N3O2/c1-12-7-4-5-8-15(12)11-21-14(3)17(13(2)20-21)19-18(22)16-9-6-10-23-16/h4-5,7-8,16H,6,9-11H2,1-3H3,(H,19,22)/t16-/m0/s1. The van der Waals surface area contributed by atoms with Crippen molar-refractivity contribution in [2.45, 2.75) is 46.3 Å². The maximum atomic E-state index is 12.3. The minimum absolute atomic E-state index is 0.0656. The van der Waals surface area contributed by atoms with Crippen molar-refractivity contribution in [3.8, 4) is 0 Å². The Morgan fingerprint density at radius 1 is 1.35 bits per heavy atom. The lowest BCUT2D eigenvalue weighted by atomic mass is 10.1. The summed E-state index contributed by atoms with van der Waals surface area (Å²) in [6, 6.07) is 8.28. The van der Waals surface area contributed by atoms with Crippen molar-refractivity contribution >= 4 is 11.6 Å². The SMILES string of the molecule is Cc1ccccc1Cn1nc(C)c(NC(=O)[C@@H]2CCCO2)c1C. The monoisotopic (exact) mass is 313 g/mol. The van der Waals surface area contributed by atoms with Crippen molar-refractivity contribution in [2.75, 3.05) is 11.9 Å². The second-order valence-corrected chi connectivity index (χ2v) is 6.12. The third-order valence-electron chi connectivity index (χ3n) is 4.43. The summed E-state index contributed by atoms with van der Waals surface area (Å²) in [7, 11) is 0. The molecule has 0 spiro atoms. The van der Waals surface area contributed by atoms with E-state index in [0.717, 1.165) is 29.9 Å². The second-order valence-electron chi connectivity index (χ2n) is 6.12. The van der Waals surface area contributed by atoms with E-state index in [9.17, 15) is 4.79 Å². The van der Waals surface area contributed by atoms with E-state index >= 15 is 0 Å². The molecule has 0 radical (unpaired) electrons. The molecule has 122 valence electrons. The van der Waals surface area contributed by atoms with Gasteiger partial charge in [-0.05, 0) is 44.7 Å². The van der Waals surface area contributed by atoms with Crippen LogP contribution in [0, 0.1) is 20.8 Å². The van der Waals surface area contributed by atoms with Crippen LogP contribution in [0.25, 0.3) is 0 Å². The Labute approximate surface area is 136 Å². The molecule has 0 aliphatic carbocycles. The molecular weight excluding hydrogens is 290 g/mol. The summed E-state index contributed by atoms with van der Waals surface area (Å²) in [5.41, 5.74) is 5.08. The van der Waals surface area contributed by atoms with Gasteiger partial charge < -0.3 is 10.1 Å². The van der Waals surface area contributed by atoms with Gasteiger partial charge in [-0.3, -0.25) is 9.48 Å². The number of aromatic nitrogens is 2. The van der Waals surface area contributed by atoms with Crippen LogP contribution in [0.3, 0.4) is 0 Å². The lowest BCUT2D eigenvalue weighted by Crippen LogP contribution is -2.27. The zero-order valence-electron chi connectivity index (χ0n) is 13.9. The van der Waals surface area contributed by atoms with Gasteiger partial charge in [-0.1, -0.05) is 24.3 Å². The van der Waals surface area contributed by atoms with Crippen LogP contribution in [0.4, 0.5) is 5.69 Å². The van der Waals surface area contributed by atoms with Crippen LogP contribution in [-0.4, -0.2) is 28.4 Å². The van der Waals surface area contributed by atoms with Crippen LogP contribution in [0.15, 0.2) is 24.3 Å². The fraction of sp³-hybridized carbons (Fsp3) is 0.444. The van der Waals surface area contributed by atoms with Crippen molar-refractivity contribution in [3.05, 3.63) is 46.8 Å². The Hall–Kier alpha value is -2.14. The molecule has 1 amide bonds. The molecule has 1 saturated heterocycles. The summed E-state index contributed by atoms with van der Waals surface area (Å²) < 4.78 is 7.39. The molecule has 1 N–H and O–H groups in total. The van der Waals surface area contributed by atoms with E-state index in [1.165, 1.54) is 11.1 Å². The first-order chi connectivity index (χ1) is 11.1. The molecule has 1 atom stereocenters. The Morgan fingerprint density at radius 3 is 2.83 bits per heavy atom. The first kappa shape index (κ1) is 15.7. The van der Waals surface area contributed by atoms with Gasteiger partial charge >= 0.3 is 0 Å². The Kier molecular flexibility index (Phi) is 4.48. The smallest absolute Gasteiger partial charge is 0.253 e. The number of hydrogen-bond donors (Lipinski definition) is 1. The van der Waals surface area contributed by atoms with E-state index in [0.29, 0.717) is 13.2 Å². The fourth-order valence-electron chi connectivity index (χ4n) is 2.97. The molecule has 2 aromatic rings. The Balaban J connectivity index is 1.79. The topological polar surface area (TPSA) is 56.2 Å². The highest BCUT2D eigenvalue weighted by Gasteiger charge is 2.25. The molecule has 0 saturated carbocycles. The molecule has 3 rings (SSSR count). The van der Waals surface area contributed by atoms with Crippen LogP contribution < -0.4 is 5.32 Å². The molecule has 23 heavy (non-hydrogen) atoms. The largest absolute Gasteiger partial charge is 0.368 e. The van der Waals surface area contributed by atoms with Gasteiger partial charge in [0.05, 0.1) is 23.6 Å². The van der Waals surface area contributed by atoms with Crippen LogP contribution >= 0.6 is 0 Å². The maximum absolute atomic E-state index is 12.3. The van der Waals surface area contributed by atoms with E-state index < -0.39 is 0 Å². The molecule has 1 aromatic heterocycles. The Morgan fingerprint density at radius 2 is 2.13 bits per heavy atom. The molecule has 0 unspecified atom stereocenters. The predicted octanol–water partition coefficient (Wildman–Crippen LogP) is 2.97. The third-order valence-corrected chi connectivity index (χ3v) is 4.43. The van der Waals surface area contributed by atoms with Crippen LogP contribution in [-0.2, 0) is 16.1 Å². The number of carbonyl (C=O) groups excluding carboxylic acids is 1. The van der Waals surface area contributed by atoms with Crippen molar-refractivity contribution in [1.29, 1.82) is 0 Å². The molecule has 2 heterocycles.